The number of esters is 1. The Balaban J connectivity index is 1.94. The fraction of sp³-hybridized carbons (Fsp3) is 0.917. The summed E-state index contributed by atoms with van der Waals surface area (Å²) in [4.78, 5) is 11.9. The number of ether oxygens (including phenoxy) is 1. The van der Waals surface area contributed by atoms with Gasteiger partial charge in [-0.1, -0.05) is 12.8 Å². The molecule has 15 heavy (non-hydrogen) atoms. The molecule has 0 amide bonds. The summed E-state index contributed by atoms with van der Waals surface area (Å²) in [5.41, 5.74) is -0.432. The van der Waals surface area contributed by atoms with Gasteiger partial charge in [0.2, 0.25) is 0 Å². The van der Waals surface area contributed by atoms with E-state index in [0.717, 1.165) is 12.3 Å². The van der Waals surface area contributed by atoms with Crippen LogP contribution in [0.3, 0.4) is 0 Å². The fourth-order valence-corrected chi connectivity index (χ4v) is 2.07. The second kappa shape index (κ2) is 4.12. The van der Waals surface area contributed by atoms with E-state index in [-0.39, 0.29) is 5.97 Å². The summed E-state index contributed by atoms with van der Waals surface area (Å²) < 4.78 is 5.16. The van der Waals surface area contributed by atoms with Crippen molar-refractivity contribution in [3.05, 3.63) is 0 Å². The number of carbonyl (C=O) groups is 1. The van der Waals surface area contributed by atoms with Gasteiger partial charge in [-0.25, -0.2) is 0 Å². The standard InChI is InChI=1S/C12H21NO2/c1-3-15-11(14)12(2,8-9-4-5-9)13-10-6-7-10/h9-10,13H,3-8H2,1-2H3. The molecule has 0 bridgehead atoms. The van der Waals surface area contributed by atoms with E-state index in [0.29, 0.717) is 12.6 Å². The molecule has 0 aromatic carbocycles. The van der Waals surface area contributed by atoms with E-state index in [2.05, 4.69) is 5.32 Å². The van der Waals surface area contributed by atoms with Crippen LogP contribution in [0.5, 0.6) is 0 Å². The monoisotopic (exact) mass is 211 g/mol. The van der Waals surface area contributed by atoms with Crippen molar-refractivity contribution in [2.75, 3.05) is 6.61 Å². The Kier molecular flexibility index (Phi) is 3.01. The highest BCUT2D eigenvalue weighted by Gasteiger charge is 2.43. The van der Waals surface area contributed by atoms with Gasteiger partial charge in [0.15, 0.2) is 0 Å². The first-order chi connectivity index (χ1) is 7.14. The third kappa shape index (κ3) is 2.94. The van der Waals surface area contributed by atoms with Crippen molar-refractivity contribution in [3.8, 4) is 0 Å². The van der Waals surface area contributed by atoms with Crippen molar-refractivity contribution in [1.29, 1.82) is 0 Å². The summed E-state index contributed by atoms with van der Waals surface area (Å²) >= 11 is 0. The Labute approximate surface area is 91.6 Å². The molecule has 0 radical (unpaired) electrons. The maximum atomic E-state index is 11.9. The van der Waals surface area contributed by atoms with Crippen LogP contribution < -0.4 is 5.32 Å². The van der Waals surface area contributed by atoms with Crippen molar-refractivity contribution in [1.82, 2.24) is 5.32 Å². The normalized spacial score (nSPS) is 24.7. The SMILES string of the molecule is CCOC(=O)C(C)(CC1CC1)NC1CC1. The predicted octanol–water partition coefficient (Wildman–Crippen LogP) is 1.86. The average Bonchev–Trinajstić information content (AvgIpc) is 3.02. The molecule has 0 aliphatic heterocycles. The summed E-state index contributed by atoms with van der Waals surface area (Å²) in [6.07, 6.45) is 5.92. The van der Waals surface area contributed by atoms with Crippen LogP contribution in [0.25, 0.3) is 0 Å². The minimum atomic E-state index is -0.432. The molecule has 2 rings (SSSR count). The van der Waals surface area contributed by atoms with Crippen molar-refractivity contribution < 1.29 is 9.53 Å². The highest BCUT2D eigenvalue weighted by atomic mass is 16.5. The summed E-state index contributed by atoms with van der Waals surface area (Å²) in [5, 5.41) is 3.45. The lowest BCUT2D eigenvalue weighted by molar-refractivity contribution is -0.151. The largest absolute Gasteiger partial charge is 0.465 e. The molecule has 3 heteroatoms. The number of nitrogens with one attached hydrogen (secondary N) is 1. The minimum absolute atomic E-state index is 0.0659. The number of hydrogen-bond donors (Lipinski definition) is 1. The molecule has 2 fully saturated rings. The molecule has 2 aliphatic rings. The van der Waals surface area contributed by atoms with Crippen LogP contribution in [-0.4, -0.2) is 24.2 Å². The predicted molar refractivity (Wildman–Crippen MR) is 58.5 cm³/mol. The van der Waals surface area contributed by atoms with Gasteiger partial charge in [-0.3, -0.25) is 10.1 Å². The van der Waals surface area contributed by atoms with Crippen molar-refractivity contribution in [3.63, 3.8) is 0 Å². The topological polar surface area (TPSA) is 38.3 Å². The quantitative estimate of drug-likeness (QED) is 0.681. The maximum absolute atomic E-state index is 11.9. The summed E-state index contributed by atoms with van der Waals surface area (Å²) in [6, 6.07) is 0.554. The van der Waals surface area contributed by atoms with Crippen LogP contribution in [0.4, 0.5) is 0 Å². The van der Waals surface area contributed by atoms with Crippen LogP contribution in [0.15, 0.2) is 0 Å². The Hall–Kier alpha value is -0.570. The van der Waals surface area contributed by atoms with Crippen LogP contribution in [0, 0.1) is 5.92 Å². The van der Waals surface area contributed by atoms with Gasteiger partial charge >= 0.3 is 5.97 Å². The molecule has 0 spiro atoms. The third-order valence-corrected chi connectivity index (χ3v) is 3.22. The first-order valence-electron chi connectivity index (χ1n) is 6.09. The van der Waals surface area contributed by atoms with E-state index < -0.39 is 5.54 Å². The van der Waals surface area contributed by atoms with E-state index in [9.17, 15) is 4.79 Å². The van der Waals surface area contributed by atoms with Crippen LogP contribution in [0.2, 0.25) is 0 Å². The smallest absolute Gasteiger partial charge is 0.326 e. The van der Waals surface area contributed by atoms with E-state index in [1.165, 1.54) is 25.7 Å². The molecule has 2 aliphatic carbocycles. The lowest BCUT2D eigenvalue weighted by Crippen LogP contribution is -2.51. The zero-order valence-corrected chi connectivity index (χ0v) is 9.71. The van der Waals surface area contributed by atoms with Gasteiger partial charge in [0, 0.05) is 6.04 Å². The summed E-state index contributed by atoms with van der Waals surface area (Å²) in [5.74, 6) is 0.675. The molecular formula is C12H21NO2. The highest BCUT2D eigenvalue weighted by Crippen LogP contribution is 2.38. The highest BCUT2D eigenvalue weighted by molar-refractivity contribution is 5.80. The summed E-state index contributed by atoms with van der Waals surface area (Å²) in [6.45, 7) is 4.35. The average molecular weight is 211 g/mol. The van der Waals surface area contributed by atoms with Gasteiger partial charge in [0.25, 0.3) is 0 Å². The van der Waals surface area contributed by atoms with Crippen molar-refractivity contribution >= 4 is 5.97 Å². The van der Waals surface area contributed by atoms with Crippen LogP contribution >= 0.6 is 0 Å². The second-order valence-corrected chi connectivity index (χ2v) is 5.12. The van der Waals surface area contributed by atoms with Gasteiger partial charge < -0.3 is 4.74 Å². The van der Waals surface area contributed by atoms with E-state index in [1.54, 1.807) is 0 Å². The number of carbonyl (C=O) groups excluding carboxylic acids is 1. The van der Waals surface area contributed by atoms with E-state index in [4.69, 9.17) is 4.74 Å². The van der Waals surface area contributed by atoms with Gasteiger partial charge in [0.1, 0.15) is 5.54 Å². The van der Waals surface area contributed by atoms with Gasteiger partial charge in [-0.15, -0.1) is 0 Å². The number of rotatable bonds is 6. The lowest BCUT2D eigenvalue weighted by Gasteiger charge is -2.28. The maximum Gasteiger partial charge on any atom is 0.326 e. The Morgan fingerprint density at radius 2 is 2.07 bits per heavy atom. The molecule has 1 unspecified atom stereocenters. The van der Waals surface area contributed by atoms with Gasteiger partial charge in [-0.2, -0.15) is 0 Å². The van der Waals surface area contributed by atoms with E-state index >= 15 is 0 Å². The first kappa shape index (κ1) is 10.9. The second-order valence-electron chi connectivity index (χ2n) is 5.12. The molecule has 1 N–H and O–H groups in total. The molecule has 2 saturated carbocycles. The molecule has 0 saturated heterocycles. The summed E-state index contributed by atoms with van der Waals surface area (Å²) in [7, 11) is 0. The van der Waals surface area contributed by atoms with Crippen molar-refractivity contribution in [2.45, 2.75) is 57.5 Å². The van der Waals surface area contributed by atoms with Gasteiger partial charge in [0.05, 0.1) is 6.61 Å². The minimum Gasteiger partial charge on any atom is -0.465 e. The van der Waals surface area contributed by atoms with Crippen LogP contribution in [-0.2, 0) is 9.53 Å². The van der Waals surface area contributed by atoms with Crippen LogP contribution in [0.1, 0.15) is 46.0 Å². The lowest BCUT2D eigenvalue weighted by atomic mass is 9.94. The Morgan fingerprint density at radius 3 is 2.53 bits per heavy atom. The Morgan fingerprint density at radius 1 is 1.40 bits per heavy atom. The third-order valence-electron chi connectivity index (χ3n) is 3.22. The van der Waals surface area contributed by atoms with Crippen molar-refractivity contribution in [2.24, 2.45) is 5.92 Å². The molecule has 0 heterocycles. The van der Waals surface area contributed by atoms with Gasteiger partial charge in [-0.05, 0) is 39.0 Å². The Bertz CT molecular complexity index is 230. The van der Waals surface area contributed by atoms with E-state index in [1.807, 2.05) is 13.8 Å². The zero-order valence-electron chi connectivity index (χ0n) is 9.71. The molecule has 86 valence electrons. The first-order valence-corrected chi connectivity index (χ1v) is 6.09. The number of hydrogen-bond acceptors (Lipinski definition) is 3. The molecule has 0 aromatic heterocycles. The fourth-order valence-electron chi connectivity index (χ4n) is 2.07. The molecule has 1 atom stereocenters. The zero-order chi connectivity index (χ0) is 10.9. The molecular weight excluding hydrogens is 190 g/mol. The molecule has 3 nitrogen and oxygen atoms in total. The molecule has 0 aromatic rings.